The molecule has 1 amide bonds. The average molecular weight is 445 g/mol. The Balaban J connectivity index is 1.72. The molecule has 1 unspecified atom stereocenters. The lowest BCUT2D eigenvalue weighted by Crippen LogP contribution is -2.40. The Labute approximate surface area is 188 Å². The standard InChI is InChI=1S/C24H32N2O6/c1-30-17-13-16(14-18(31-2)23(17)32-3)20-19(21(27)15-7-8-15)22(28)24(29)26(20)12-11-25-9-5-4-6-10-25/h13-15,20,28H,4-12H2,1-3H3. The molecule has 1 atom stereocenters. The molecular formula is C24H32N2O6. The van der Waals surface area contributed by atoms with Crippen LogP contribution in [0.5, 0.6) is 17.2 Å². The fraction of sp³-hybridized carbons (Fsp3) is 0.583. The monoisotopic (exact) mass is 444 g/mol. The number of ether oxygens (including phenoxy) is 3. The number of benzene rings is 1. The van der Waals surface area contributed by atoms with Crippen molar-refractivity contribution in [3.63, 3.8) is 0 Å². The molecule has 1 aliphatic carbocycles. The highest BCUT2D eigenvalue weighted by Gasteiger charge is 2.47. The van der Waals surface area contributed by atoms with Crippen LogP contribution < -0.4 is 14.2 Å². The van der Waals surface area contributed by atoms with Crippen molar-refractivity contribution in [3.05, 3.63) is 29.0 Å². The fourth-order valence-corrected chi connectivity index (χ4v) is 4.74. The predicted molar refractivity (Wildman–Crippen MR) is 118 cm³/mol. The Morgan fingerprint density at radius 1 is 1.00 bits per heavy atom. The van der Waals surface area contributed by atoms with Gasteiger partial charge in [0.25, 0.3) is 5.91 Å². The van der Waals surface area contributed by atoms with Crippen molar-refractivity contribution >= 4 is 11.7 Å². The van der Waals surface area contributed by atoms with E-state index < -0.39 is 17.7 Å². The molecule has 1 aromatic carbocycles. The van der Waals surface area contributed by atoms with Gasteiger partial charge in [0.15, 0.2) is 23.0 Å². The SMILES string of the molecule is COc1cc(C2C(C(=O)C3CC3)=C(O)C(=O)N2CCN2CCCCC2)cc(OC)c1OC. The van der Waals surface area contributed by atoms with Gasteiger partial charge in [-0.2, -0.15) is 0 Å². The Hall–Kier alpha value is -2.74. The molecule has 1 aromatic rings. The van der Waals surface area contributed by atoms with E-state index in [4.69, 9.17) is 14.2 Å². The van der Waals surface area contributed by atoms with E-state index in [0.29, 0.717) is 35.9 Å². The van der Waals surface area contributed by atoms with Crippen LogP contribution in [0.1, 0.15) is 43.7 Å². The van der Waals surface area contributed by atoms with Gasteiger partial charge in [-0.1, -0.05) is 6.42 Å². The number of nitrogens with zero attached hydrogens (tertiary/aromatic N) is 2. The first kappa shape index (κ1) is 22.5. The number of methoxy groups -OCH3 is 3. The summed E-state index contributed by atoms with van der Waals surface area (Å²) in [5.74, 6) is 0.127. The lowest BCUT2D eigenvalue weighted by Gasteiger charge is -2.32. The van der Waals surface area contributed by atoms with Gasteiger partial charge in [0.2, 0.25) is 5.75 Å². The van der Waals surface area contributed by atoms with Crippen molar-refractivity contribution in [2.24, 2.45) is 5.92 Å². The first-order chi connectivity index (χ1) is 15.5. The molecule has 174 valence electrons. The number of aliphatic hydroxyl groups excluding tert-OH is 1. The van der Waals surface area contributed by atoms with Crippen LogP contribution in [0.2, 0.25) is 0 Å². The Morgan fingerprint density at radius 3 is 2.16 bits per heavy atom. The number of hydrogen-bond acceptors (Lipinski definition) is 7. The first-order valence-electron chi connectivity index (χ1n) is 11.3. The fourth-order valence-electron chi connectivity index (χ4n) is 4.74. The summed E-state index contributed by atoms with van der Waals surface area (Å²) in [4.78, 5) is 30.2. The predicted octanol–water partition coefficient (Wildman–Crippen LogP) is 2.87. The number of amides is 1. The van der Waals surface area contributed by atoms with Crippen molar-refractivity contribution in [1.29, 1.82) is 0 Å². The molecule has 8 heteroatoms. The number of rotatable bonds is 9. The van der Waals surface area contributed by atoms with Crippen LogP contribution >= 0.6 is 0 Å². The second kappa shape index (κ2) is 9.40. The maximum atomic E-state index is 13.1. The summed E-state index contributed by atoms with van der Waals surface area (Å²) in [6.45, 7) is 3.13. The van der Waals surface area contributed by atoms with E-state index in [1.165, 1.54) is 27.8 Å². The molecular weight excluding hydrogens is 412 g/mol. The smallest absolute Gasteiger partial charge is 0.290 e. The minimum absolute atomic E-state index is 0.119. The summed E-state index contributed by atoms with van der Waals surface area (Å²) in [5.41, 5.74) is 0.838. The van der Waals surface area contributed by atoms with Gasteiger partial charge in [-0.05, 0) is 56.5 Å². The van der Waals surface area contributed by atoms with Crippen molar-refractivity contribution in [2.45, 2.75) is 38.1 Å². The zero-order chi connectivity index (χ0) is 22.8. The van der Waals surface area contributed by atoms with Crippen LogP contribution in [0.3, 0.4) is 0 Å². The van der Waals surface area contributed by atoms with Crippen molar-refractivity contribution in [3.8, 4) is 17.2 Å². The van der Waals surface area contributed by atoms with Crippen LogP contribution in [-0.4, -0.2) is 74.1 Å². The number of aliphatic hydroxyl groups is 1. The number of carbonyl (C=O) groups excluding carboxylic acids is 2. The summed E-state index contributed by atoms with van der Waals surface area (Å²) < 4.78 is 16.4. The average Bonchev–Trinajstić information content (AvgIpc) is 3.64. The molecule has 1 saturated carbocycles. The number of hydrogen-bond donors (Lipinski definition) is 1. The third-order valence-electron chi connectivity index (χ3n) is 6.63. The van der Waals surface area contributed by atoms with Gasteiger partial charge in [-0.15, -0.1) is 0 Å². The molecule has 2 heterocycles. The summed E-state index contributed by atoms with van der Waals surface area (Å²) in [6, 6.07) is 2.83. The number of ketones is 1. The van der Waals surface area contributed by atoms with Crippen LogP contribution in [0.15, 0.2) is 23.5 Å². The molecule has 1 saturated heterocycles. The molecule has 4 rings (SSSR count). The normalized spacial score (nSPS) is 21.8. The van der Waals surface area contributed by atoms with Gasteiger partial charge < -0.3 is 29.1 Å². The highest BCUT2D eigenvalue weighted by molar-refractivity contribution is 6.10. The molecule has 3 aliphatic rings. The molecule has 0 spiro atoms. The van der Waals surface area contributed by atoms with E-state index in [0.717, 1.165) is 38.8 Å². The number of piperidine rings is 1. The summed E-state index contributed by atoms with van der Waals surface area (Å²) >= 11 is 0. The van der Waals surface area contributed by atoms with Crippen molar-refractivity contribution < 1.29 is 28.9 Å². The van der Waals surface area contributed by atoms with Gasteiger partial charge in [-0.3, -0.25) is 9.59 Å². The van der Waals surface area contributed by atoms with Gasteiger partial charge in [0.05, 0.1) is 32.9 Å². The molecule has 2 aliphatic heterocycles. The molecule has 0 bridgehead atoms. The Morgan fingerprint density at radius 2 is 1.62 bits per heavy atom. The number of likely N-dealkylation sites (tertiary alicyclic amines) is 1. The maximum Gasteiger partial charge on any atom is 0.290 e. The Bertz CT molecular complexity index is 892. The molecule has 2 fully saturated rings. The second-order valence-electron chi connectivity index (χ2n) is 8.66. The summed E-state index contributed by atoms with van der Waals surface area (Å²) in [7, 11) is 4.58. The van der Waals surface area contributed by atoms with E-state index in [1.54, 1.807) is 17.0 Å². The van der Waals surface area contributed by atoms with E-state index in [9.17, 15) is 14.7 Å². The number of carbonyl (C=O) groups is 2. The van der Waals surface area contributed by atoms with Crippen LogP contribution in [0.25, 0.3) is 0 Å². The molecule has 0 aromatic heterocycles. The van der Waals surface area contributed by atoms with Crippen LogP contribution in [0, 0.1) is 5.92 Å². The van der Waals surface area contributed by atoms with Gasteiger partial charge in [-0.25, -0.2) is 0 Å². The van der Waals surface area contributed by atoms with Crippen molar-refractivity contribution in [2.75, 3.05) is 47.5 Å². The molecule has 1 N–H and O–H groups in total. The first-order valence-corrected chi connectivity index (χ1v) is 11.3. The molecule has 8 nitrogen and oxygen atoms in total. The maximum absolute atomic E-state index is 13.1. The van der Waals surface area contributed by atoms with E-state index >= 15 is 0 Å². The minimum atomic E-state index is -0.686. The van der Waals surface area contributed by atoms with Gasteiger partial charge in [0.1, 0.15) is 0 Å². The zero-order valence-corrected chi connectivity index (χ0v) is 19.1. The van der Waals surface area contributed by atoms with Gasteiger partial charge >= 0.3 is 0 Å². The van der Waals surface area contributed by atoms with Gasteiger partial charge in [0, 0.05) is 19.0 Å². The zero-order valence-electron chi connectivity index (χ0n) is 19.1. The van der Waals surface area contributed by atoms with Crippen molar-refractivity contribution in [1.82, 2.24) is 9.80 Å². The van der Waals surface area contributed by atoms with E-state index in [-0.39, 0.29) is 17.3 Å². The number of Topliss-reactive ketones (excluding diaryl/α,β-unsaturated/α-hetero) is 1. The molecule has 32 heavy (non-hydrogen) atoms. The lowest BCUT2D eigenvalue weighted by atomic mass is 9.93. The third kappa shape index (κ3) is 4.16. The second-order valence-corrected chi connectivity index (χ2v) is 8.66. The Kier molecular flexibility index (Phi) is 6.60. The van der Waals surface area contributed by atoms with E-state index in [1.807, 2.05) is 0 Å². The largest absolute Gasteiger partial charge is 0.503 e. The molecule has 0 radical (unpaired) electrons. The quantitative estimate of drug-likeness (QED) is 0.627. The highest BCUT2D eigenvalue weighted by Crippen LogP contribution is 2.47. The minimum Gasteiger partial charge on any atom is -0.503 e. The van der Waals surface area contributed by atoms with E-state index in [2.05, 4.69) is 4.90 Å². The van der Waals surface area contributed by atoms with Crippen LogP contribution in [-0.2, 0) is 9.59 Å². The highest BCUT2D eigenvalue weighted by atomic mass is 16.5. The lowest BCUT2D eigenvalue weighted by molar-refractivity contribution is -0.129. The summed E-state index contributed by atoms with van der Waals surface area (Å²) in [6.07, 6.45) is 5.12. The van der Waals surface area contributed by atoms with Crippen LogP contribution in [0.4, 0.5) is 0 Å². The summed E-state index contributed by atoms with van der Waals surface area (Å²) in [5, 5.41) is 10.8. The third-order valence-corrected chi connectivity index (χ3v) is 6.63. The topological polar surface area (TPSA) is 88.5 Å².